The molecule has 0 aliphatic carbocycles. The van der Waals surface area contributed by atoms with Gasteiger partial charge in [0.05, 0.1) is 0 Å². The van der Waals surface area contributed by atoms with Crippen molar-refractivity contribution < 1.29 is 0 Å². The first kappa shape index (κ1) is 17.1. The zero-order valence-corrected chi connectivity index (χ0v) is 13.5. The van der Waals surface area contributed by atoms with Gasteiger partial charge in [-0.15, -0.1) is 12.4 Å². The monoisotopic (exact) mass is 322 g/mol. The number of halogens is 3. The Bertz CT molecular complexity index is 372. The standard InChI is InChI=1S/C14H20Cl2N2.ClH/c1-18(9-11-5-7-17-8-6-11)10-12-13(15)3-2-4-14(12)16;/h2-4,11,17H,5-10H2,1H3;1H. The van der Waals surface area contributed by atoms with Crippen molar-refractivity contribution >= 4 is 35.6 Å². The Morgan fingerprint density at radius 3 is 2.37 bits per heavy atom. The molecule has 0 bridgehead atoms. The zero-order valence-electron chi connectivity index (χ0n) is 11.2. The van der Waals surface area contributed by atoms with Crippen LogP contribution in [0.4, 0.5) is 0 Å². The van der Waals surface area contributed by atoms with Gasteiger partial charge in [-0.3, -0.25) is 0 Å². The van der Waals surface area contributed by atoms with E-state index in [0.717, 1.165) is 47.7 Å². The summed E-state index contributed by atoms with van der Waals surface area (Å²) in [6, 6.07) is 5.70. The predicted molar refractivity (Wildman–Crippen MR) is 85.6 cm³/mol. The highest BCUT2D eigenvalue weighted by atomic mass is 35.5. The van der Waals surface area contributed by atoms with Crippen LogP contribution in [0.3, 0.4) is 0 Å². The smallest absolute Gasteiger partial charge is 0.0465 e. The maximum Gasteiger partial charge on any atom is 0.0465 e. The third-order valence-electron chi connectivity index (χ3n) is 3.52. The van der Waals surface area contributed by atoms with Gasteiger partial charge in [0, 0.05) is 28.7 Å². The fourth-order valence-corrected chi connectivity index (χ4v) is 3.04. The quantitative estimate of drug-likeness (QED) is 0.905. The molecule has 1 aliphatic heterocycles. The summed E-state index contributed by atoms with van der Waals surface area (Å²) >= 11 is 12.4. The van der Waals surface area contributed by atoms with E-state index in [-0.39, 0.29) is 12.4 Å². The number of rotatable bonds is 4. The van der Waals surface area contributed by atoms with E-state index in [4.69, 9.17) is 23.2 Å². The first-order valence-corrected chi connectivity index (χ1v) is 7.24. The molecule has 1 fully saturated rings. The highest BCUT2D eigenvalue weighted by Gasteiger charge is 2.16. The average Bonchev–Trinajstić information content (AvgIpc) is 2.35. The summed E-state index contributed by atoms with van der Waals surface area (Å²) in [7, 11) is 2.14. The molecule has 1 aromatic carbocycles. The van der Waals surface area contributed by atoms with Crippen LogP contribution in [0, 0.1) is 5.92 Å². The normalized spacial score (nSPS) is 16.4. The molecular formula is C14H21Cl3N2. The third-order valence-corrected chi connectivity index (χ3v) is 4.23. The summed E-state index contributed by atoms with van der Waals surface area (Å²) < 4.78 is 0. The lowest BCUT2D eigenvalue weighted by molar-refractivity contribution is 0.234. The molecule has 0 unspecified atom stereocenters. The number of hydrogen-bond acceptors (Lipinski definition) is 2. The Morgan fingerprint density at radius 2 is 1.79 bits per heavy atom. The fraction of sp³-hybridized carbons (Fsp3) is 0.571. The highest BCUT2D eigenvalue weighted by Crippen LogP contribution is 2.26. The lowest BCUT2D eigenvalue weighted by Crippen LogP contribution is -2.34. The van der Waals surface area contributed by atoms with Crippen LogP contribution < -0.4 is 5.32 Å². The van der Waals surface area contributed by atoms with Gasteiger partial charge in [-0.05, 0) is 51.0 Å². The van der Waals surface area contributed by atoms with E-state index < -0.39 is 0 Å². The molecule has 0 spiro atoms. The summed E-state index contributed by atoms with van der Waals surface area (Å²) in [4.78, 5) is 2.32. The number of nitrogens with one attached hydrogen (secondary N) is 1. The maximum absolute atomic E-state index is 6.20. The van der Waals surface area contributed by atoms with E-state index in [1.807, 2.05) is 18.2 Å². The van der Waals surface area contributed by atoms with Crippen LogP contribution >= 0.6 is 35.6 Å². The second-order valence-corrected chi connectivity index (χ2v) is 5.90. The topological polar surface area (TPSA) is 15.3 Å². The van der Waals surface area contributed by atoms with Gasteiger partial charge in [-0.1, -0.05) is 29.3 Å². The van der Waals surface area contributed by atoms with Crippen molar-refractivity contribution in [1.29, 1.82) is 0 Å². The lowest BCUT2D eigenvalue weighted by Gasteiger charge is -2.27. The third kappa shape index (κ3) is 5.13. The largest absolute Gasteiger partial charge is 0.317 e. The van der Waals surface area contributed by atoms with Crippen LogP contribution in [-0.2, 0) is 6.54 Å². The lowest BCUT2D eigenvalue weighted by atomic mass is 9.97. The summed E-state index contributed by atoms with van der Waals surface area (Å²) in [6.45, 7) is 4.22. The summed E-state index contributed by atoms with van der Waals surface area (Å²) in [6.07, 6.45) is 2.53. The highest BCUT2D eigenvalue weighted by molar-refractivity contribution is 6.35. The van der Waals surface area contributed by atoms with Crippen molar-refractivity contribution in [3.63, 3.8) is 0 Å². The molecule has 0 atom stereocenters. The first-order valence-electron chi connectivity index (χ1n) is 6.49. The van der Waals surface area contributed by atoms with Gasteiger partial charge in [0.1, 0.15) is 0 Å². The molecule has 0 radical (unpaired) electrons. The van der Waals surface area contributed by atoms with Crippen molar-refractivity contribution in [3.8, 4) is 0 Å². The van der Waals surface area contributed by atoms with Gasteiger partial charge in [0.2, 0.25) is 0 Å². The van der Waals surface area contributed by atoms with Crippen LogP contribution in [0.15, 0.2) is 18.2 Å². The molecule has 19 heavy (non-hydrogen) atoms. The minimum absolute atomic E-state index is 0. The van der Waals surface area contributed by atoms with Gasteiger partial charge >= 0.3 is 0 Å². The van der Waals surface area contributed by atoms with Crippen molar-refractivity contribution in [2.24, 2.45) is 5.92 Å². The van der Waals surface area contributed by atoms with Crippen LogP contribution in [0.5, 0.6) is 0 Å². The van der Waals surface area contributed by atoms with Crippen molar-refractivity contribution in [2.45, 2.75) is 19.4 Å². The van der Waals surface area contributed by atoms with E-state index in [9.17, 15) is 0 Å². The van der Waals surface area contributed by atoms with E-state index in [1.54, 1.807) is 0 Å². The molecule has 1 aromatic rings. The van der Waals surface area contributed by atoms with E-state index in [2.05, 4.69) is 17.3 Å². The van der Waals surface area contributed by atoms with E-state index in [0.29, 0.717) is 0 Å². The minimum atomic E-state index is 0. The van der Waals surface area contributed by atoms with E-state index >= 15 is 0 Å². The van der Waals surface area contributed by atoms with Crippen molar-refractivity contribution in [3.05, 3.63) is 33.8 Å². The molecule has 0 saturated carbocycles. The number of benzene rings is 1. The van der Waals surface area contributed by atoms with Gasteiger partial charge in [-0.25, -0.2) is 0 Å². The Morgan fingerprint density at radius 1 is 1.21 bits per heavy atom. The molecule has 0 aromatic heterocycles. The molecule has 2 nitrogen and oxygen atoms in total. The first-order chi connectivity index (χ1) is 8.66. The molecule has 1 N–H and O–H groups in total. The Hall–Kier alpha value is 0.01000. The number of nitrogens with zero attached hydrogens (tertiary/aromatic N) is 1. The SMILES string of the molecule is CN(Cc1c(Cl)cccc1Cl)CC1CCNCC1.Cl. The van der Waals surface area contributed by atoms with Crippen LogP contribution in [-0.4, -0.2) is 31.6 Å². The molecule has 0 amide bonds. The van der Waals surface area contributed by atoms with E-state index in [1.165, 1.54) is 12.8 Å². The summed E-state index contributed by atoms with van der Waals surface area (Å²) in [5, 5.41) is 4.92. The Labute approximate surface area is 131 Å². The second-order valence-electron chi connectivity index (χ2n) is 5.09. The van der Waals surface area contributed by atoms with Gasteiger partial charge in [-0.2, -0.15) is 0 Å². The Kier molecular flexibility index (Phi) is 7.48. The number of piperidine rings is 1. The average molecular weight is 324 g/mol. The summed E-state index contributed by atoms with van der Waals surface area (Å²) in [5.41, 5.74) is 1.04. The molecule has 1 saturated heterocycles. The molecular weight excluding hydrogens is 303 g/mol. The van der Waals surface area contributed by atoms with Gasteiger partial charge < -0.3 is 10.2 Å². The Balaban J connectivity index is 0.00000180. The van der Waals surface area contributed by atoms with Crippen molar-refractivity contribution in [2.75, 3.05) is 26.7 Å². The van der Waals surface area contributed by atoms with Crippen LogP contribution in [0.1, 0.15) is 18.4 Å². The van der Waals surface area contributed by atoms with Crippen LogP contribution in [0.2, 0.25) is 10.0 Å². The minimum Gasteiger partial charge on any atom is -0.317 e. The molecule has 1 heterocycles. The fourth-order valence-electron chi connectivity index (χ4n) is 2.52. The van der Waals surface area contributed by atoms with Crippen LogP contribution in [0.25, 0.3) is 0 Å². The zero-order chi connectivity index (χ0) is 13.0. The summed E-state index contributed by atoms with van der Waals surface area (Å²) in [5.74, 6) is 0.789. The van der Waals surface area contributed by atoms with Gasteiger partial charge in [0.25, 0.3) is 0 Å². The number of hydrogen-bond donors (Lipinski definition) is 1. The molecule has 1 aliphatic rings. The van der Waals surface area contributed by atoms with Gasteiger partial charge in [0.15, 0.2) is 0 Å². The predicted octanol–water partition coefficient (Wildman–Crippen LogP) is 3.85. The van der Waals surface area contributed by atoms with Crippen molar-refractivity contribution in [1.82, 2.24) is 10.2 Å². The molecule has 108 valence electrons. The maximum atomic E-state index is 6.20. The molecule has 2 rings (SSSR count). The second kappa shape index (κ2) is 8.33. The molecule has 5 heteroatoms.